The smallest absolute Gasteiger partial charge is 0.351 e. The quantitative estimate of drug-likeness (QED) is 0.710. The molecule has 0 saturated carbocycles. The van der Waals surface area contributed by atoms with Gasteiger partial charge in [0.15, 0.2) is 0 Å². The molecule has 124 valence electrons. The number of nitrogens with one attached hydrogen (secondary N) is 1. The molecule has 0 spiro atoms. The number of halogens is 4. The van der Waals surface area contributed by atoms with Crippen molar-refractivity contribution < 1.29 is 17.7 Å². The highest BCUT2D eigenvalue weighted by Gasteiger charge is 2.35. The minimum atomic E-state index is -4.59. The van der Waals surface area contributed by atoms with E-state index in [9.17, 15) is 13.2 Å². The van der Waals surface area contributed by atoms with Gasteiger partial charge >= 0.3 is 12.2 Å². The van der Waals surface area contributed by atoms with Gasteiger partial charge in [-0.05, 0) is 22.9 Å². The van der Waals surface area contributed by atoms with E-state index >= 15 is 0 Å². The van der Waals surface area contributed by atoms with Crippen molar-refractivity contribution in [3.63, 3.8) is 0 Å². The van der Waals surface area contributed by atoms with E-state index in [1.54, 1.807) is 30.3 Å². The number of hydrogen-bond acceptors (Lipinski definition) is 5. The number of nitrogens with zero attached hydrogens (tertiary/aromatic N) is 2. The Morgan fingerprint density at radius 1 is 1.12 bits per heavy atom. The average Bonchev–Trinajstić information content (AvgIpc) is 2.92. The highest BCUT2D eigenvalue weighted by atomic mass is 35.5. The van der Waals surface area contributed by atoms with Gasteiger partial charge in [0.2, 0.25) is 0 Å². The van der Waals surface area contributed by atoms with Gasteiger partial charge in [0, 0.05) is 11.3 Å². The van der Waals surface area contributed by atoms with Crippen LogP contribution in [0, 0.1) is 0 Å². The summed E-state index contributed by atoms with van der Waals surface area (Å²) < 4.78 is 45.0. The minimum Gasteiger partial charge on any atom is -0.351 e. The molecule has 1 heterocycles. The lowest BCUT2D eigenvalue weighted by atomic mass is 9.98. The summed E-state index contributed by atoms with van der Waals surface area (Å²) >= 11 is 6.12. The lowest BCUT2D eigenvalue weighted by molar-refractivity contribution is -0.137. The number of nitrogens with two attached hydrogens (primary N) is 1. The highest BCUT2D eigenvalue weighted by molar-refractivity contribution is 6.33. The van der Waals surface area contributed by atoms with Gasteiger partial charge in [-0.3, -0.25) is 0 Å². The van der Waals surface area contributed by atoms with Gasteiger partial charge in [-0.15, -0.1) is 0 Å². The molecule has 24 heavy (non-hydrogen) atoms. The Hall–Kier alpha value is -2.74. The van der Waals surface area contributed by atoms with E-state index in [1.165, 1.54) is 6.07 Å². The van der Waals surface area contributed by atoms with E-state index in [0.29, 0.717) is 5.56 Å². The molecule has 0 saturated heterocycles. The fraction of sp³-hybridized carbons (Fsp3) is 0.0667. The zero-order chi connectivity index (χ0) is 17.3. The van der Waals surface area contributed by atoms with Crippen LogP contribution in [0.3, 0.4) is 0 Å². The first-order valence-electron chi connectivity index (χ1n) is 6.67. The summed E-state index contributed by atoms with van der Waals surface area (Å²) in [5, 5.41) is 5.98. The van der Waals surface area contributed by atoms with E-state index < -0.39 is 11.7 Å². The number of aromatic nitrogens is 2. The Kier molecular flexibility index (Phi) is 4.06. The molecule has 3 N–H and O–H groups in total. The second kappa shape index (κ2) is 6.04. The first kappa shape index (κ1) is 16.1. The van der Waals surface area contributed by atoms with Crippen LogP contribution in [0.4, 0.5) is 30.8 Å². The monoisotopic (exact) mass is 354 g/mol. The van der Waals surface area contributed by atoms with Crippen LogP contribution in [0.15, 0.2) is 47.0 Å². The number of benzene rings is 2. The largest absolute Gasteiger partial charge is 0.417 e. The summed E-state index contributed by atoms with van der Waals surface area (Å²) in [6, 6.07) is 10.2. The molecule has 0 fully saturated rings. The topological polar surface area (TPSA) is 77.0 Å². The van der Waals surface area contributed by atoms with Crippen molar-refractivity contribution in [2.45, 2.75) is 6.18 Å². The Balaban J connectivity index is 2.11. The number of anilines is 3. The molecule has 0 aliphatic heterocycles. The van der Waals surface area contributed by atoms with Crippen LogP contribution in [0.5, 0.6) is 0 Å². The fourth-order valence-corrected chi connectivity index (χ4v) is 2.54. The minimum absolute atomic E-state index is 0.0602. The van der Waals surface area contributed by atoms with Crippen molar-refractivity contribution >= 4 is 29.3 Å². The molecule has 3 aromatic rings. The molecule has 9 heteroatoms. The predicted molar refractivity (Wildman–Crippen MR) is 83.9 cm³/mol. The number of hydrogen-bond donors (Lipinski definition) is 2. The summed E-state index contributed by atoms with van der Waals surface area (Å²) in [6.45, 7) is 0. The Labute approximate surface area is 139 Å². The lowest BCUT2D eigenvalue weighted by Gasteiger charge is -2.16. The van der Waals surface area contributed by atoms with E-state index in [0.717, 1.165) is 6.07 Å². The Morgan fingerprint density at radius 3 is 2.42 bits per heavy atom. The van der Waals surface area contributed by atoms with Crippen LogP contribution in [0.25, 0.3) is 11.1 Å². The third-order valence-corrected chi connectivity index (χ3v) is 3.45. The Bertz CT molecular complexity index is 865. The van der Waals surface area contributed by atoms with Gasteiger partial charge < -0.3 is 15.6 Å². The van der Waals surface area contributed by atoms with Gasteiger partial charge in [-0.25, -0.2) is 0 Å². The molecular formula is C15H10ClF3N4O. The van der Waals surface area contributed by atoms with E-state index in [4.69, 9.17) is 17.3 Å². The maximum atomic E-state index is 13.5. The Morgan fingerprint density at radius 2 is 1.83 bits per heavy atom. The summed E-state index contributed by atoms with van der Waals surface area (Å²) in [5.74, 6) is -0.0656. The summed E-state index contributed by atoms with van der Waals surface area (Å²) in [4.78, 5) is 3.67. The molecule has 0 amide bonds. The molecule has 0 atom stereocenters. The summed E-state index contributed by atoms with van der Waals surface area (Å²) in [7, 11) is 0. The van der Waals surface area contributed by atoms with Crippen LogP contribution in [-0.4, -0.2) is 10.1 Å². The van der Waals surface area contributed by atoms with Gasteiger partial charge in [-0.1, -0.05) is 41.9 Å². The molecule has 0 aliphatic carbocycles. The lowest BCUT2D eigenvalue weighted by Crippen LogP contribution is -2.09. The first-order chi connectivity index (χ1) is 11.3. The third kappa shape index (κ3) is 3.28. The average molecular weight is 355 g/mol. The van der Waals surface area contributed by atoms with Gasteiger partial charge in [0.1, 0.15) is 0 Å². The SMILES string of the molecule is Nc1nc(Nc2cc(Cl)c(-c3ccccc3)c(C(F)(F)F)c2)no1. The molecule has 0 aliphatic rings. The van der Waals surface area contributed by atoms with Crippen molar-refractivity contribution in [1.82, 2.24) is 10.1 Å². The van der Waals surface area contributed by atoms with Crippen molar-refractivity contribution in [2.24, 2.45) is 0 Å². The third-order valence-electron chi connectivity index (χ3n) is 3.16. The second-order valence-electron chi connectivity index (χ2n) is 4.83. The predicted octanol–water partition coefficient (Wildman–Crippen LogP) is 4.73. The standard InChI is InChI=1S/C15H10ClF3N4O/c16-11-7-9(21-14-22-13(20)24-23-14)6-10(15(17,18)19)12(11)8-4-2-1-3-5-8/h1-7H,(H3,20,21,22,23). The van der Waals surface area contributed by atoms with Crippen molar-refractivity contribution in [2.75, 3.05) is 11.1 Å². The molecule has 2 aromatic carbocycles. The van der Waals surface area contributed by atoms with Gasteiger partial charge in [0.25, 0.3) is 5.95 Å². The summed E-state index contributed by atoms with van der Waals surface area (Å²) in [6.07, 6.45) is -4.59. The maximum Gasteiger partial charge on any atom is 0.417 e. The van der Waals surface area contributed by atoms with E-state index in [2.05, 4.69) is 20.0 Å². The fourth-order valence-electron chi connectivity index (χ4n) is 2.22. The van der Waals surface area contributed by atoms with Crippen molar-refractivity contribution in [1.29, 1.82) is 0 Å². The van der Waals surface area contributed by atoms with Gasteiger partial charge in [-0.2, -0.15) is 18.2 Å². The molecule has 0 bridgehead atoms. The first-order valence-corrected chi connectivity index (χ1v) is 7.05. The van der Waals surface area contributed by atoms with E-state index in [1.807, 2.05) is 0 Å². The van der Waals surface area contributed by atoms with Gasteiger partial charge in [0.05, 0.1) is 10.6 Å². The van der Waals surface area contributed by atoms with Crippen LogP contribution >= 0.6 is 11.6 Å². The number of nitrogen functional groups attached to an aromatic ring is 1. The van der Waals surface area contributed by atoms with Crippen molar-refractivity contribution in [3.8, 4) is 11.1 Å². The van der Waals surface area contributed by atoms with Crippen LogP contribution in [0.2, 0.25) is 5.02 Å². The van der Waals surface area contributed by atoms with E-state index in [-0.39, 0.29) is 28.2 Å². The normalized spacial score (nSPS) is 11.5. The molecule has 3 rings (SSSR count). The van der Waals surface area contributed by atoms with Crippen molar-refractivity contribution in [3.05, 3.63) is 53.1 Å². The number of alkyl halides is 3. The molecule has 0 radical (unpaired) electrons. The zero-order valence-corrected chi connectivity index (χ0v) is 12.7. The molecular weight excluding hydrogens is 345 g/mol. The van der Waals surface area contributed by atoms with Crippen LogP contribution in [-0.2, 0) is 6.18 Å². The second-order valence-corrected chi connectivity index (χ2v) is 5.23. The maximum absolute atomic E-state index is 13.5. The summed E-state index contributed by atoms with van der Waals surface area (Å²) in [5.41, 5.74) is 4.73. The number of rotatable bonds is 3. The van der Waals surface area contributed by atoms with Crippen LogP contribution < -0.4 is 11.1 Å². The molecule has 5 nitrogen and oxygen atoms in total. The molecule has 1 aromatic heterocycles. The molecule has 0 unspecified atom stereocenters. The zero-order valence-electron chi connectivity index (χ0n) is 11.9. The highest BCUT2D eigenvalue weighted by Crippen LogP contribution is 2.43. The van der Waals surface area contributed by atoms with Crippen LogP contribution in [0.1, 0.15) is 5.56 Å².